The van der Waals surface area contributed by atoms with Crippen LogP contribution in [0.5, 0.6) is 5.75 Å². The van der Waals surface area contributed by atoms with E-state index in [0.717, 1.165) is 12.8 Å². The third-order valence-corrected chi connectivity index (χ3v) is 3.53. The molecular weight excluding hydrogens is 231 g/mol. The number of rotatable bonds is 7. The van der Waals surface area contributed by atoms with Crippen LogP contribution in [0.25, 0.3) is 0 Å². The van der Waals surface area contributed by atoms with Gasteiger partial charge in [0, 0.05) is 6.04 Å². The SMILES string of the molecule is CCC(CC)C(Cc1cccc(OC)c1F)NN. The second-order valence-electron chi connectivity index (χ2n) is 4.49. The molecule has 0 fully saturated rings. The molecule has 0 aliphatic heterocycles. The minimum Gasteiger partial charge on any atom is -0.494 e. The highest BCUT2D eigenvalue weighted by molar-refractivity contribution is 5.31. The minimum absolute atomic E-state index is 0.0848. The molecule has 0 saturated heterocycles. The highest BCUT2D eigenvalue weighted by Gasteiger charge is 2.20. The number of benzene rings is 1. The number of nitrogens with two attached hydrogens (primary N) is 1. The van der Waals surface area contributed by atoms with Crippen molar-refractivity contribution in [3.05, 3.63) is 29.6 Å². The Morgan fingerprint density at radius 2 is 2.00 bits per heavy atom. The van der Waals surface area contributed by atoms with Crippen LogP contribution >= 0.6 is 0 Å². The molecule has 0 heterocycles. The topological polar surface area (TPSA) is 47.3 Å². The van der Waals surface area contributed by atoms with E-state index in [0.29, 0.717) is 17.9 Å². The summed E-state index contributed by atoms with van der Waals surface area (Å²) in [5, 5.41) is 0. The summed E-state index contributed by atoms with van der Waals surface area (Å²) >= 11 is 0. The van der Waals surface area contributed by atoms with Crippen LogP contribution in [0.15, 0.2) is 18.2 Å². The van der Waals surface area contributed by atoms with Gasteiger partial charge in [-0.15, -0.1) is 0 Å². The lowest BCUT2D eigenvalue weighted by atomic mass is 9.89. The molecule has 102 valence electrons. The van der Waals surface area contributed by atoms with Crippen LogP contribution in [0.4, 0.5) is 4.39 Å². The van der Waals surface area contributed by atoms with Crippen LogP contribution in [-0.4, -0.2) is 13.2 Å². The lowest BCUT2D eigenvalue weighted by Gasteiger charge is -2.25. The van der Waals surface area contributed by atoms with Gasteiger partial charge in [0.15, 0.2) is 11.6 Å². The van der Waals surface area contributed by atoms with E-state index in [-0.39, 0.29) is 17.6 Å². The van der Waals surface area contributed by atoms with Crippen LogP contribution in [0.3, 0.4) is 0 Å². The zero-order valence-electron chi connectivity index (χ0n) is 11.4. The number of hydrogen-bond donors (Lipinski definition) is 2. The van der Waals surface area contributed by atoms with Gasteiger partial charge in [-0.3, -0.25) is 11.3 Å². The summed E-state index contributed by atoms with van der Waals surface area (Å²) in [6.07, 6.45) is 2.62. The largest absolute Gasteiger partial charge is 0.494 e. The molecule has 1 aromatic carbocycles. The first-order valence-electron chi connectivity index (χ1n) is 6.45. The Morgan fingerprint density at radius 3 is 2.50 bits per heavy atom. The van der Waals surface area contributed by atoms with E-state index in [2.05, 4.69) is 19.3 Å². The number of hydrogen-bond acceptors (Lipinski definition) is 3. The van der Waals surface area contributed by atoms with Crippen LogP contribution in [0, 0.1) is 11.7 Å². The van der Waals surface area contributed by atoms with Crippen molar-refractivity contribution in [1.82, 2.24) is 5.43 Å². The highest BCUT2D eigenvalue weighted by atomic mass is 19.1. The summed E-state index contributed by atoms with van der Waals surface area (Å²) in [7, 11) is 1.47. The van der Waals surface area contributed by atoms with Gasteiger partial charge in [0.05, 0.1) is 7.11 Å². The van der Waals surface area contributed by atoms with Gasteiger partial charge in [-0.25, -0.2) is 4.39 Å². The standard InChI is InChI=1S/C14H23FN2O/c1-4-10(5-2)12(17-16)9-11-7-6-8-13(18-3)14(11)15/h6-8,10,12,17H,4-5,9,16H2,1-3H3. The summed E-state index contributed by atoms with van der Waals surface area (Å²) < 4.78 is 19.0. The molecule has 0 aromatic heterocycles. The lowest BCUT2D eigenvalue weighted by molar-refractivity contribution is 0.330. The molecule has 0 radical (unpaired) electrons. The molecule has 0 aliphatic carbocycles. The van der Waals surface area contributed by atoms with Crippen LogP contribution in [0.1, 0.15) is 32.3 Å². The summed E-state index contributed by atoms with van der Waals surface area (Å²) in [5.41, 5.74) is 3.45. The summed E-state index contributed by atoms with van der Waals surface area (Å²) in [5.74, 6) is 6.03. The fourth-order valence-electron chi connectivity index (χ4n) is 2.33. The predicted octanol–water partition coefficient (Wildman–Crippen LogP) is 2.64. The second kappa shape index (κ2) is 7.34. The Balaban J connectivity index is 2.88. The van der Waals surface area contributed by atoms with Crippen LogP contribution < -0.4 is 16.0 Å². The molecular formula is C14H23FN2O. The van der Waals surface area contributed by atoms with Crippen molar-refractivity contribution in [3.8, 4) is 5.75 Å². The van der Waals surface area contributed by atoms with Crippen LogP contribution in [-0.2, 0) is 6.42 Å². The molecule has 0 amide bonds. The molecule has 4 heteroatoms. The molecule has 3 N–H and O–H groups in total. The molecule has 0 bridgehead atoms. The first-order valence-corrected chi connectivity index (χ1v) is 6.45. The van der Waals surface area contributed by atoms with Gasteiger partial charge in [-0.1, -0.05) is 38.8 Å². The molecule has 1 unspecified atom stereocenters. The Labute approximate surface area is 108 Å². The number of methoxy groups -OCH3 is 1. The Bertz CT molecular complexity index is 367. The zero-order valence-corrected chi connectivity index (χ0v) is 11.4. The first kappa shape index (κ1) is 14.9. The van der Waals surface area contributed by atoms with Gasteiger partial charge in [0.2, 0.25) is 0 Å². The third kappa shape index (κ3) is 3.43. The van der Waals surface area contributed by atoms with Gasteiger partial charge in [0.1, 0.15) is 0 Å². The van der Waals surface area contributed by atoms with Crippen molar-refractivity contribution in [1.29, 1.82) is 0 Å². The average Bonchev–Trinajstić information content (AvgIpc) is 2.40. The number of hydrazine groups is 1. The van der Waals surface area contributed by atoms with Crippen molar-refractivity contribution in [2.75, 3.05) is 7.11 Å². The molecule has 1 rings (SSSR count). The zero-order chi connectivity index (χ0) is 13.5. The molecule has 18 heavy (non-hydrogen) atoms. The number of ether oxygens (including phenoxy) is 1. The quantitative estimate of drug-likeness (QED) is 0.581. The summed E-state index contributed by atoms with van der Waals surface area (Å²) in [6.45, 7) is 4.25. The fraction of sp³-hybridized carbons (Fsp3) is 0.571. The van der Waals surface area contributed by atoms with Crippen LogP contribution in [0.2, 0.25) is 0 Å². The molecule has 1 aromatic rings. The Hall–Kier alpha value is -1.13. The first-order chi connectivity index (χ1) is 8.67. The maximum Gasteiger partial charge on any atom is 0.168 e. The third-order valence-electron chi connectivity index (χ3n) is 3.53. The minimum atomic E-state index is -0.286. The molecule has 3 nitrogen and oxygen atoms in total. The van der Waals surface area contributed by atoms with E-state index < -0.39 is 0 Å². The summed E-state index contributed by atoms with van der Waals surface area (Å²) in [6, 6.07) is 5.30. The number of nitrogens with one attached hydrogen (secondary N) is 1. The average molecular weight is 254 g/mol. The Kier molecular flexibility index (Phi) is 6.09. The van der Waals surface area contributed by atoms with E-state index in [1.165, 1.54) is 7.11 Å². The van der Waals surface area contributed by atoms with E-state index >= 15 is 0 Å². The summed E-state index contributed by atoms with van der Waals surface area (Å²) in [4.78, 5) is 0. The fourth-order valence-corrected chi connectivity index (χ4v) is 2.33. The maximum absolute atomic E-state index is 14.0. The van der Waals surface area contributed by atoms with E-state index in [4.69, 9.17) is 10.6 Å². The molecule has 0 saturated carbocycles. The predicted molar refractivity (Wildman–Crippen MR) is 71.8 cm³/mol. The second-order valence-corrected chi connectivity index (χ2v) is 4.49. The van der Waals surface area contributed by atoms with Gasteiger partial charge in [-0.05, 0) is 24.0 Å². The van der Waals surface area contributed by atoms with E-state index in [1.807, 2.05) is 0 Å². The smallest absolute Gasteiger partial charge is 0.168 e. The van der Waals surface area contributed by atoms with Crippen molar-refractivity contribution in [3.63, 3.8) is 0 Å². The van der Waals surface area contributed by atoms with E-state index in [1.54, 1.807) is 18.2 Å². The van der Waals surface area contributed by atoms with Gasteiger partial charge in [-0.2, -0.15) is 0 Å². The van der Waals surface area contributed by atoms with Crippen molar-refractivity contribution in [2.24, 2.45) is 11.8 Å². The monoisotopic (exact) mass is 254 g/mol. The van der Waals surface area contributed by atoms with Gasteiger partial charge >= 0.3 is 0 Å². The molecule has 0 spiro atoms. The Morgan fingerprint density at radius 1 is 1.33 bits per heavy atom. The molecule has 0 aliphatic rings. The maximum atomic E-state index is 14.0. The number of halogens is 1. The van der Waals surface area contributed by atoms with E-state index in [9.17, 15) is 4.39 Å². The normalized spacial score (nSPS) is 12.8. The lowest BCUT2D eigenvalue weighted by Crippen LogP contribution is -2.42. The van der Waals surface area contributed by atoms with Gasteiger partial charge < -0.3 is 4.74 Å². The van der Waals surface area contributed by atoms with Crippen molar-refractivity contribution >= 4 is 0 Å². The van der Waals surface area contributed by atoms with Gasteiger partial charge in [0.25, 0.3) is 0 Å². The highest BCUT2D eigenvalue weighted by Crippen LogP contribution is 2.23. The van der Waals surface area contributed by atoms with Crippen molar-refractivity contribution < 1.29 is 9.13 Å². The van der Waals surface area contributed by atoms with Crippen molar-refractivity contribution in [2.45, 2.75) is 39.2 Å². The molecule has 1 atom stereocenters.